The molecule has 1 aromatic carbocycles. The maximum absolute atomic E-state index is 13.4. The van der Waals surface area contributed by atoms with Gasteiger partial charge in [-0.15, -0.1) is 0 Å². The third-order valence-corrected chi connectivity index (χ3v) is 7.37. The minimum absolute atomic E-state index is 0.0384. The molecule has 148 valence electrons. The Bertz CT molecular complexity index is 1160. The molecule has 3 aromatic rings. The van der Waals surface area contributed by atoms with E-state index in [1.54, 1.807) is 4.90 Å². The van der Waals surface area contributed by atoms with Crippen molar-refractivity contribution in [3.63, 3.8) is 0 Å². The number of amides is 1. The van der Waals surface area contributed by atoms with Gasteiger partial charge in [0, 0.05) is 21.5 Å². The van der Waals surface area contributed by atoms with Crippen LogP contribution in [-0.4, -0.2) is 36.8 Å². The molecule has 1 aliphatic heterocycles. The number of hydrogen-bond acceptors (Lipinski definition) is 5. The van der Waals surface area contributed by atoms with Gasteiger partial charge in [0.05, 0.1) is 18.1 Å². The summed E-state index contributed by atoms with van der Waals surface area (Å²) in [6, 6.07) is 8.80. The maximum Gasteiger partial charge on any atom is 0.290 e. The van der Waals surface area contributed by atoms with Gasteiger partial charge in [-0.3, -0.25) is 4.79 Å². The molecule has 0 aliphatic carbocycles. The molecule has 0 unspecified atom stereocenters. The highest BCUT2D eigenvalue weighted by Crippen LogP contribution is 2.31. The van der Waals surface area contributed by atoms with Gasteiger partial charge in [0.15, 0.2) is 15.6 Å². The molecule has 0 saturated carbocycles. The van der Waals surface area contributed by atoms with Crippen LogP contribution in [0.3, 0.4) is 0 Å². The summed E-state index contributed by atoms with van der Waals surface area (Å²) >= 11 is 3.44. The van der Waals surface area contributed by atoms with Gasteiger partial charge in [-0.05, 0) is 50.6 Å². The Balaban J connectivity index is 1.73. The number of sulfone groups is 1. The zero-order valence-electron chi connectivity index (χ0n) is 15.6. The van der Waals surface area contributed by atoms with E-state index in [0.717, 1.165) is 21.2 Å². The van der Waals surface area contributed by atoms with Crippen LogP contribution in [0.2, 0.25) is 0 Å². The number of fused-ring (bicyclic) bond motifs is 1. The average Bonchev–Trinajstić information content (AvgIpc) is 3.30. The van der Waals surface area contributed by atoms with Crippen LogP contribution in [0.1, 0.15) is 34.1 Å². The molecule has 0 N–H and O–H groups in total. The summed E-state index contributed by atoms with van der Waals surface area (Å²) in [7, 11) is -3.14. The van der Waals surface area contributed by atoms with Gasteiger partial charge in [0.2, 0.25) is 0 Å². The largest absolute Gasteiger partial charge is 0.464 e. The lowest BCUT2D eigenvalue weighted by atomic mass is 10.1. The molecule has 4 rings (SSSR count). The summed E-state index contributed by atoms with van der Waals surface area (Å²) in [5.41, 5.74) is 1.36. The molecule has 0 radical (unpaired) electrons. The van der Waals surface area contributed by atoms with Crippen LogP contribution in [0.15, 0.2) is 43.6 Å². The van der Waals surface area contributed by atoms with Crippen molar-refractivity contribution < 1.29 is 22.0 Å². The van der Waals surface area contributed by atoms with E-state index in [2.05, 4.69) is 15.9 Å². The monoisotopic (exact) mass is 465 g/mol. The molecule has 6 nitrogen and oxygen atoms in total. The molecule has 0 bridgehead atoms. The molecule has 1 atom stereocenters. The molecule has 1 amide bonds. The number of halogens is 1. The average molecular weight is 466 g/mol. The Labute approximate surface area is 171 Å². The quantitative estimate of drug-likeness (QED) is 0.575. The first-order chi connectivity index (χ1) is 13.2. The van der Waals surface area contributed by atoms with Gasteiger partial charge in [0.25, 0.3) is 5.91 Å². The van der Waals surface area contributed by atoms with Crippen molar-refractivity contribution in [2.45, 2.75) is 32.9 Å². The summed E-state index contributed by atoms with van der Waals surface area (Å²) in [5, 5.41) is 0.852. The van der Waals surface area contributed by atoms with Crippen LogP contribution in [0.5, 0.6) is 0 Å². The van der Waals surface area contributed by atoms with E-state index in [1.807, 2.05) is 44.2 Å². The van der Waals surface area contributed by atoms with Gasteiger partial charge in [-0.25, -0.2) is 8.42 Å². The normalized spacial score (nSPS) is 18.6. The van der Waals surface area contributed by atoms with Crippen LogP contribution >= 0.6 is 15.9 Å². The van der Waals surface area contributed by atoms with E-state index in [9.17, 15) is 13.2 Å². The van der Waals surface area contributed by atoms with Crippen molar-refractivity contribution in [3.8, 4) is 0 Å². The molecule has 1 saturated heterocycles. The molecule has 1 fully saturated rings. The fourth-order valence-electron chi connectivity index (χ4n) is 3.65. The lowest BCUT2D eigenvalue weighted by Crippen LogP contribution is -2.40. The third kappa shape index (κ3) is 3.63. The number of benzene rings is 1. The number of hydrogen-bond donors (Lipinski definition) is 0. The maximum atomic E-state index is 13.4. The van der Waals surface area contributed by atoms with Crippen LogP contribution < -0.4 is 0 Å². The number of nitrogens with zero attached hydrogens (tertiary/aromatic N) is 1. The fraction of sp³-hybridized carbons (Fsp3) is 0.350. The summed E-state index contributed by atoms with van der Waals surface area (Å²) < 4.78 is 36.4. The zero-order chi connectivity index (χ0) is 20.1. The van der Waals surface area contributed by atoms with E-state index >= 15 is 0 Å². The molecule has 3 heterocycles. The second-order valence-corrected chi connectivity index (χ2v) is 10.3. The van der Waals surface area contributed by atoms with Gasteiger partial charge in [-0.1, -0.05) is 15.9 Å². The zero-order valence-corrected chi connectivity index (χ0v) is 18.0. The topological polar surface area (TPSA) is 80.7 Å². The summed E-state index contributed by atoms with van der Waals surface area (Å²) in [6.45, 7) is 3.87. The second kappa shape index (κ2) is 7.08. The lowest BCUT2D eigenvalue weighted by molar-refractivity contribution is 0.0634. The van der Waals surface area contributed by atoms with Crippen molar-refractivity contribution >= 4 is 42.6 Å². The molecule has 2 aromatic heterocycles. The van der Waals surface area contributed by atoms with Crippen LogP contribution in [0, 0.1) is 13.8 Å². The minimum Gasteiger partial charge on any atom is -0.464 e. The summed E-state index contributed by atoms with van der Waals surface area (Å²) in [6.07, 6.45) is 0.415. The van der Waals surface area contributed by atoms with Crippen molar-refractivity contribution in [3.05, 3.63) is 57.6 Å². The van der Waals surface area contributed by atoms with Crippen molar-refractivity contribution in [2.24, 2.45) is 0 Å². The predicted octanol–water partition coefficient (Wildman–Crippen LogP) is 4.23. The Morgan fingerprint density at radius 1 is 1.21 bits per heavy atom. The smallest absolute Gasteiger partial charge is 0.290 e. The lowest BCUT2D eigenvalue weighted by Gasteiger charge is -2.26. The number of aryl methyl sites for hydroxylation is 2. The van der Waals surface area contributed by atoms with Gasteiger partial charge in [0.1, 0.15) is 17.1 Å². The number of carbonyl (C=O) groups is 1. The van der Waals surface area contributed by atoms with E-state index in [4.69, 9.17) is 8.83 Å². The summed E-state index contributed by atoms with van der Waals surface area (Å²) in [4.78, 5) is 15.0. The summed E-state index contributed by atoms with van der Waals surface area (Å²) in [5.74, 6) is 1.33. The van der Waals surface area contributed by atoms with Crippen molar-refractivity contribution in [1.82, 2.24) is 4.90 Å². The molecular weight excluding hydrogens is 446 g/mol. The number of carbonyl (C=O) groups excluding carboxylic acids is 1. The Hall–Kier alpha value is -2.06. The molecular formula is C20H20BrNO5S. The van der Waals surface area contributed by atoms with Gasteiger partial charge < -0.3 is 13.7 Å². The first kappa shape index (κ1) is 19.3. The SMILES string of the molecule is Cc1ccc(CN(C(=O)c2oc3ccc(Br)cc3c2C)[C@@H]2CCS(=O)(=O)C2)o1. The molecule has 1 aliphatic rings. The van der Waals surface area contributed by atoms with Crippen molar-refractivity contribution in [2.75, 3.05) is 11.5 Å². The van der Waals surface area contributed by atoms with Crippen molar-refractivity contribution in [1.29, 1.82) is 0 Å². The van der Waals surface area contributed by atoms with Crippen LogP contribution in [-0.2, 0) is 16.4 Å². The van der Waals surface area contributed by atoms with E-state index in [1.165, 1.54) is 0 Å². The van der Waals surface area contributed by atoms with Gasteiger partial charge in [-0.2, -0.15) is 0 Å². The number of furan rings is 2. The number of rotatable bonds is 4. The van der Waals surface area contributed by atoms with Gasteiger partial charge >= 0.3 is 0 Å². The molecule has 28 heavy (non-hydrogen) atoms. The highest BCUT2D eigenvalue weighted by atomic mass is 79.9. The highest BCUT2D eigenvalue weighted by Gasteiger charge is 2.37. The Kier molecular flexibility index (Phi) is 4.87. The Morgan fingerprint density at radius 2 is 2.00 bits per heavy atom. The first-order valence-corrected chi connectivity index (χ1v) is 11.6. The standard InChI is InChI=1S/C20H20BrNO5S/c1-12-3-5-16(26-12)10-22(15-7-8-28(24,25)11-15)20(23)19-13(2)17-9-14(21)4-6-18(17)27-19/h3-6,9,15H,7-8,10-11H2,1-2H3/t15-/m1/s1. The van der Waals surface area contributed by atoms with Crippen LogP contribution in [0.4, 0.5) is 0 Å². The fourth-order valence-corrected chi connectivity index (χ4v) is 5.75. The second-order valence-electron chi connectivity index (χ2n) is 7.20. The minimum atomic E-state index is -3.14. The van der Waals surface area contributed by atoms with E-state index < -0.39 is 15.9 Å². The van der Waals surface area contributed by atoms with E-state index in [-0.39, 0.29) is 29.7 Å². The molecule has 0 spiro atoms. The highest BCUT2D eigenvalue weighted by molar-refractivity contribution is 9.10. The Morgan fingerprint density at radius 3 is 2.64 bits per heavy atom. The third-order valence-electron chi connectivity index (χ3n) is 5.12. The molecule has 8 heteroatoms. The predicted molar refractivity (Wildman–Crippen MR) is 109 cm³/mol. The first-order valence-electron chi connectivity index (χ1n) is 8.99. The van der Waals surface area contributed by atoms with Crippen LogP contribution in [0.25, 0.3) is 11.0 Å². The van der Waals surface area contributed by atoms with E-state index in [0.29, 0.717) is 17.8 Å².